The number of nitrogens with two attached hydrogens (primary N) is 1. The molecule has 100 valence electrons. The third-order valence-electron chi connectivity index (χ3n) is 3.48. The van der Waals surface area contributed by atoms with Crippen molar-refractivity contribution in [2.24, 2.45) is 0 Å². The number of benzene rings is 1. The van der Waals surface area contributed by atoms with Gasteiger partial charge in [-0.3, -0.25) is 0 Å². The average Bonchev–Trinajstić information content (AvgIpc) is 2.28. The molecule has 1 saturated heterocycles. The van der Waals surface area contributed by atoms with E-state index in [2.05, 4.69) is 4.90 Å². The largest absolute Gasteiger partial charge is 0.399 e. The molecule has 0 bridgehead atoms. The maximum absolute atomic E-state index is 13.8. The highest BCUT2D eigenvalue weighted by Gasteiger charge is 2.25. The molecule has 0 aromatic heterocycles. The quantitative estimate of drug-likeness (QED) is 0.821. The summed E-state index contributed by atoms with van der Waals surface area (Å²) >= 11 is 0. The second kappa shape index (κ2) is 5.10. The second-order valence-electron chi connectivity index (χ2n) is 5.04. The molecule has 0 amide bonds. The molecule has 0 spiro atoms. The number of piperidine rings is 1. The first-order valence-corrected chi connectivity index (χ1v) is 6.15. The number of hydrogen-bond acceptors (Lipinski definition) is 3. The Balaban J connectivity index is 2.26. The lowest BCUT2D eigenvalue weighted by molar-refractivity contribution is 0.256. The summed E-state index contributed by atoms with van der Waals surface area (Å²) < 4.78 is 27.7. The first-order valence-electron chi connectivity index (χ1n) is 6.15. The molecule has 0 radical (unpaired) electrons. The normalized spacial score (nSPS) is 20.5. The predicted octanol–water partition coefficient (Wildman–Crippen LogP) is 2.08. The maximum atomic E-state index is 13.8. The van der Waals surface area contributed by atoms with E-state index in [4.69, 9.17) is 5.73 Å². The first kappa shape index (κ1) is 13.1. The Morgan fingerprint density at radius 1 is 1.28 bits per heavy atom. The fraction of sp³-hybridized carbons (Fsp3) is 0.538. The molecule has 1 aliphatic heterocycles. The van der Waals surface area contributed by atoms with Crippen LogP contribution < -0.4 is 10.6 Å². The molecule has 2 N–H and O–H groups in total. The molecule has 3 nitrogen and oxygen atoms in total. The molecular formula is C13H19F2N3. The molecule has 1 atom stereocenters. The van der Waals surface area contributed by atoms with Crippen molar-refractivity contribution >= 4 is 11.4 Å². The van der Waals surface area contributed by atoms with E-state index in [-0.39, 0.29) is 11.4 Å². The summed E-state index contributed by atoms with van der Waals surface area (Å²) in [6, 6.07) is 2.69. The van der Waals surface area contributed by atoms with Crippen LogP contribution in [0.4, 0.5) is 20.2 Å². The van der Waals surface area contributed by atoms with Crippen LogP contribution >= 0.6 is 0 Å². The topological polar surface area (TPSA) is 32.5 Å². The van der Waals surface area contributed by atoms with Gasteiger partial charge in [0.1, 0.15) is 5.69 Å². The van der Waals surface area contributed by atoms with Crippen LogP contribution in [0.25, 0.3) is 0 Å². The van der Waals surface area contributed by atoms with Gasteiger partial charge in [-0.2, -0.15) is 0 Å². The van der Waals surface area contributed by atoms with Crippen LogP contribution in [0.2, 0.25) is 0 Å². The van der Waals surface area contributed by atoms with Crippen LogP contribution in [-0.2, 0) is 0 Å². The number of nitrogens with zero attached hydrogens (tertiary/aromatic N) is 2. The zero-order valence-corrected chi connectivity index (χ0v) is 10.8. The molecule has 1 heterocycles. The van der Waals surface area contributed by atoms with Gasteiger partial charge in [0.05, 0.1) is 0 Å². The second-order valence-corrected chi connectivity index (χ2v) is 5.04. The van der Waals surface area contributed by atoms with E-state index in [9.17, 15) is 8.78 Å². The smallest absolute Gasteiger partial charge is 0.151 e. The molecule has 5 heteroatoms. The molecule has 1 aliphatic rings. The summed E-state index contributed by atoms with van der Waals surface area (Å²) in [5.74, 6) is -1.15. The number of halogens is 2. The zero-order valence-electron chi connectivity index (χ0n) is 10.8. The summed E-state index contributed by atoms with van der Waals surface area (Å²) in [5.41, 5.74) is 5.60. The SMILES string of the molecule is CN(C)C1CCCN(c2c(F)cc(N)cc2F)C1. The van der Waals surface area contributed by atoms with E-state index in [0.717, 1.165) is 12.8 Å². The Morgan fingerprint density at radius 2 is 1.89 bits per heavy atom. The van der Waals surface area contributed by atoms with E-state index in [1.807, 2.05) is 14.1 Å². The van der Waals surface area contributed by atoms with Gasteiger partial charge < -0.3 is 15.5 Å². The fourth-order valence-electron chi connectivity index (χ4n) is 2.47. The van der Waals surface area contributed by atoms with Gasteiger partial charge in [0, 0.05) is 24.8 Å². The van der Waals surface area contributed by atoms with Crippen molar-refractivity contribution < 1.29 is 8.78 Å². The van der Waals surface area contributed by atoms with Gasteiger partial charge in [-0.15, -0.1) is 0 Å². The number of anilines is 2. The average molecular weight is 255 g/mol. The van der Waals surface area contributed by atoms with E-state index in [0.29, 0.717) is 19.1 Å². The van der Waals surface area contributed by atoms with E-state index >= 15 is 0 Å². The molecule has 1 aromatic carbocycles. The van der Waals surface area contributed by atoms with Gasteiger partial charge in [0.2, 0.25) is 0 Å². The lowest BCUT2D eigenvalue weighted by Crippen LogP contribution is -2.45. The zero-order chi connectivity index (χ0) is 13.3. The van der Waals surface area contributed by atoms with Gasteiger partial charge in [0.15, 0.2) is 11.6 Å². The summed E-state index contributed by atoms with van der Waals surface area (Å²) in [4.78, 5) is 3.87. The van der Waals surface area contributed by atoms with Crippen LogP contribution in [0, 0.1) is 11.6 Å². The Bertz CT molecular complexity index is 411. The molecule has 0 saturated carbocycles. The van der Waals surface area contributed by atoms with Crippen LogP contribution in [0.1, 0.15) is 12.8 Å². The summed E-state index contributed by atoms with van der Waals surface area (Å²) in [5, 5.41) is 0. The van der Waals surface area contributed by atoms with Gasteiger partial charge in [-0.05, 0) is 39.1 Å². The highest BCUT2D eigenvalue weighted by molar-refractivity contribution is 5.56. The van der Waals surface area contributed by atoms with E-state index in [1.54, 1.807) is 4.90 Å². The summed E-state index contributed by atoms with van der Waals surface area (Å²) in [6.45, 7) is 1.33. The highest BCUT2D eigenvalue weighted by Crippen LogP contribution is 2.29. The maximum Gasteiger partial charge on any atom is 0.151 e. The number of likely N-dealkylation sites (N-methyl/N-ethyl adjacent to an activating group) is 1. The lowest BCUT2D eigenvalue weighted by Gasteiger charge is -2.37. The Hall–Kier alpha value is -1.36. The monoisotopic (exact) mass is 255 g/mol. The van der Waals surface area contributed by atoms with Crippen LogP contribution in [0.5, 0.6) is 0 Å². The Morgan fingerprint density at radius 3 is 2.44 bits per heavy atom. The Kier molecular flexibility index (Phi) is 3.71. The first-order chi connectivity index (χ1) is 8.49. The minimum absolute atomic E-state index is 0.0516. The van der Waals surface area contributed by atoms with Crippen molar-refractivity contribution in [3.8, 4) is 0 Å². The van der Waals surface area contributed by atoms with Crippen molar-refractivity contribution in [3.05, 3.63) is 23.8 Å². The van der Waals surface area contributed by atoms with Crippen molar-refractivity contribution in [1.29, 1.82) is 0 Å². The molecule has 18 heavy (non-hydrogen) atoms. The van der Waals surface area contributed by atoms with Crippen molar-refractivity contribution in [3.63, 3.8) is 0 Å². The van der Waals surface area contributed by atoms with Crippen molar-refractivity contribution in [1.82, 2.24) is 4.90 Å². The van der Waals surface area contributed by atoms with Crippen molar-refractivity contribution in [2.75, 3.05) is 37.8 Å². The predicted molar refractivity (Wildman–Crippen MR) is 69.7 cm³/mol. The van der Waals surface area contributed by atoms with Crippen molar-refractivity contribution in [2.45, 2.75) is 18.9 Å². The highest BCUT2D eigenvalue weighted by atomic mass is 19.1. The standard InChI is InChI=1S/C13H19F2N3/c1-17(2)10-4-3-5-18(8-10)13-11(14)6-9(16)7-12(13)15/h6-7,10H,3-5,8,16H2,1-2H3. The van der Waals surface area contributed by atoms with Gasteiger partial charge >= 0.3 is 0 Å². The molecular weight excluding hydrogens is 236 g/mol. The van der Waals surface area contributed by atoms with Crippen LogP contribution in [0.3, 0.4) is 0 Å². The van der Waals surface area contributed by atoms with E-state index in [1.165, 1.54) is 12.1 Å². The minimum Gasteiger partial charge on any atom is -0.399 e. The van der Waals surface area contributed by atoms with Gasteiger partial charge in [0.25, 0.3) is 0 Å². The van der Waals surface area contributed by atoms with Gasteiger partial charge in [-0.25, -0.2) is 8.78 Å². The fourth-order valence-corrected chi connectivity index (χ4v) is 2.47. The lowest BCUT2D eigenvalue weighted by atomic mass is 10.0. The van der Waals surface area contributed by atoms with E-state index < -0.39 is 11.6 Å². The molecule has 1 aromatic rings. The molecule has 1 fully saturated rings. The summed E-state index contributed by atoms with van der Waals surface area (Å²) in [7, 11) is 3.98. The van der Waals surface area contributed by atoms with Crippen LogP contribution in [0.15, 0.2) is 12.1 Å². The minimum atomic E-state index is -0.577. The van der Waals surface area contributed by atoms with Crippen LogP contribution in [-0.4, -0.2) is 38.1 Å². The molecule has 2 rings (SSSR count). The third kappa shape index (κ3) is 2.56. The third-order valence-corrected chi connectivity index (χ3v) is 3.48. The van der Waals surface area contributed by atoms with Gasteiger partial charge in [-0.1, -0.05) is 0 Å². The number of hydrogen-bond donors (Lipinski definition) is 1. The number of nitrogen functional groups attached to an aromatic ring is 1. The summed E-state index contributed by atoms with van der Waals surface area (Å²) in [6.07, 6.45) is 1.99. The Labute approximate surface area is 106 Å². The molecule has 1 unspecified atom stereocenters. The molecule has 0 aliphatic carbocycles. The number of rotatable bonds is 2.